The first-order valence-electron chi connectivity index (χ1n) is 13.9. The number of rotatable bonds is 13. The number of carbonyl (C=O) groups is 1. The molecule has 1 atom stereocenters. The summed E-state index contributed by atoms with van der Waals surface area (Å²) in [6, 6.07) is 7.92. The molecule has 1 unspecified atom stereocenters. The van der Waals surface area contributed by atoms with E-state index in [1.165, 1.54) is 37.7 Å². The van der Waals surface area contributed by atoms with Crippen LogP contribution in [0.4, 0.5) is 21.6 Å². The number of nitrogens with zero attached hydrogens (tertiary/aromatic N) is 3. The molecule has 1 aromatic heterocycles. The van der Waals surface area contributed by atoms with Crippen LogP contribution in [-0.2, 0) is 9.53 Å². The highest BCUT2D eigenvalue weighted by Crippen LogP contribution is 2.34. The fourth-order valence-corrected chi connectivity index (χ4v) is 4.86. The fourth-order valence-electron chi connectivity index (χ4n) is 4.68. The predicted octanol–water partition coefficient (Wildman–Crippen LogP) is 6.73. The molecule has 1 amide bonds. The third-order valence-corrected chi connectivity index (χ3v) is 7.10. The number of aromatic nitrogens is 2. The number of hydrogen-bond acceptors (Lipinski definition) is 7. The zero-order valence-electron chi connectivity index (χ0n) is 23.1. The second kappa shape index (κ2) is 14.9. The number of anilines is 3. The molecule has 0 aliphatic carbocycles. The first-order chi connectivity index (χ1) is 19.5. The number of amides is 1. The summed E-state index contributed by atoms with van der Waals surface area (Å²) in [5.41, 5.74) is 1.69. The molecule has 1 aliphatic rings. The Labute approximate surface area is 239 Å². The monoisotopic (exact) mass is 569 g/mol. The summed E-state index contributed by atoms with van der Waals surface area (Å²) < 4.78 is 25.6. The van der Waals surface area contributed by atoms with Gasteiger partial charge in [0.2, 0.25) is 5.91 Å². The Kier molecular flexibility index (Phi) is 11.1. The number of piperidine rings is 1. The van der Waals surface area contributed by atoms with E-state index in [2.05, 4.69) is 32.4 Å². The summed E-state index contributed by atoms with van der Waals surface area (Å²) in [7, 11) is 0. The summed E-state index contributed by atoms with van der Waals surface area (Å²) >= 11 is 5.96. The zero-order chi connectivity index (χ0) is 28.3. The first kappa shape index (κ1) is 29.7. The Morgan fingerprint density at radius 3 is 2.75 bits per heavy atom. The van der Waals surface area contributed by atoms with E-state index in [9.17, 15) is 9.18 Å². The van der Waals surface area contributed by atoms with Crippen molar-refractivity contribution in [2.24, 2.45) is 0 Å². The van der Waals surface area contributed by atoms with Gasteiger partial charge in [0, 0.05) is 42.8 Å². The average Bonchev–Trinajstić information content (AvgIpc) is 2.95. The summed E-state index contributed by atoms with van der Waals surface area (Å²) in [5.74, 6) is 0.233. The molecule has 2 N–H and O–H groups in total. The lowest BCUT2D eigenvalue weighted by Gasteiger charge is -2.24. The molecule has 0 radical (unpaired) electrons. The highest BCUT2D eigenvalue weighted by atomic mass is 35.5. The maximum absolute atomic E-state index is 13.7. The van der Waals surface area contributed by atoms with E-state index in [0.717, 1.165) is 26.1 Å². The number of ether oxygens (including phenoxy) is 2. The minimum atomic E-state index is -0.505. The van der Waals surface area contributed by atoms with E-state index >= 15 is 0 Å². The fraction of sp³-hybridized carbons (Fsp3) is 0.433. The molecule has 3 aromatic rings. The van der Waals surface area contributed by atoms with Crippen LogP contribution in [0.2, 0.25) is 5.02 Å². The first-order valence-corrected chi connectivity index (χ1v) is 14.3. The zero-order valence-corrected chi connectivity index (χ0v) is 23.8. The average molecular weight is 570 g/mol. The molecule has 214 valence electrons. The number of carbonyl (C=O) groups excluding carboxylic acids is 1. The van der Waals surface area contributed by atoms with Crippen molar-refractivity contribution >= 4 is 45.6 Å². The van der Waals surface area contributed by atoms with Gasteiger partial charge in [0.25, 0.3) is 0 Å². The van der Waals surface area contributed by atoms with Crippen LogP contribution in [0.15, 0.2) is 48.8 Å². The highest BCUT2D eigenvalue weighted by Gasteiger charge is 2.15. The molecule has 1 saturated heterocycles. The number of halogens is 2. The van der Waals surface area contributed by atoms with Crippen molar-refractivity contribution in [3.8, 4) is 5.75 Å². The lowest BCUT2D eigenvalue weighted by atomic mass is 10.1. The smallest absolute Gasteiger partial charge is 0.248 e. The predicted molar refractivity (Wildman–Crippen MR) is 158 cm³/mol. The van der Waals surface area contributed by atoms with E-state index in [1.807, 2.05) is 13.0 Å². The Balaban J connectivity index is 1.57. The number of fused-ring (bicyclic) bond motifs is 1. The second-order valence-electron chi connectivity index (χ2n) is 9.72. The third kappa shape index (κ3) is 8.36. The van der Waals surface area contributed by atoms with Gasteiger partial charge in [-0.05, 0) is 63.5 Å². The van der Waals surface area contributed by atoms with Crippen LogP contribution in [0.3, 0.4) is 0 Å². The van der Waals surface area contributed by atoms with Crippen molar-refractivity contribution < 1.29 is 18.7 Å². The van der Waals surface area contributed by atoms with Crippen LogP contribution < -0.4 is 15.4 Å². The van der Waals surface area contributed by atoms with Crippen LogP contribution in [0.1, 0.15) is 46.0 Å². The molecule has 0 spiro atoms. The maximum Gasteiger partial charge on any atom is 0.248 e. The van der Waals surface area contributed by atoms with E-state index in [4.69, 9.17) is 21.1 Å². The van der Waals surface area contributed by atoms with Gasteiger partial charge >= 0.3 is 0 Å². The molecule has 1 aliphatic heterocycles. The number of benzene rings is 2. The molecule has 1 fully saturated rings. The molecule has 40 heavy (non-hydrogen) atoms. The van der Waals surface area contributed by atoms with Crippen molar-refractivity contribution in [3.05, 3.63) is 59.7 Å². The molecular weight excluding hydrogens is 533 g/mol. The van der Waals surface area contributed by atoms with Gasteiger partial charge in [-0.3, -0.25) is 9.69 Å². The van der Waals surface area contributed by atoms with Crippen LogP contribution in [0.25, 0.3) is 10.9 Å². The van der Waals surface area contributed by atoms with Crippen molar-refractivity contribution in [3.63, 3.8) is 0 Å². The van der Waals surface area contributed by atoms with Gasteiger partial charge in [0.05, 0.1) is 28.9 Å². The Morgan fingerprint density at radius 1 is 1.18 bits per heavy atom. The van der Waals surface area contributed by atoms with E-state index < -0.39 is 5.82 Å². The molecule has 2 heterocycles. The molecule has 10 heteroatoms. The Hall–Kier alpha value is -3.27. The third-order valence-electron chi connectivity index (χ3n) is 6.81. The number of likely N-dealkylation sites (tertiary alicyclic amines) is 1. The minimum absolute atomic E-state index is 0.000719. The van der Waals surface area contributed by atoms with Crippen LogP contribution in [0, 0.1) is 5.82 Å². The number of hydrogen-bond donors (Lipinski definition) is 2. The van der Waals surface area contributed by atoms with Crippen molar-refractivity contribution in [1.29, 1.82) is 0 Å². The molecule has 0 bridgehead atoms. The summed E-state index contributed by atoms with van der Waals surface area (Å²) in [6.45, 7) is 7.98. The Bertz CT molecular complexity index is 1320. The molecular formula is C30H37ClFN5O3. The van der Waals surface area contributed by atoms with Gasteiger partial charge in [0.1, 0.15) is 23.7 Å². The van der Waals surface area contributed by atoms with E-state index in [1.54, 1.807) is 24.3 Å². The lowest BCUT2D eigenvalue weighted by Crippen LogP contribution is -2.29. The van der Waals surface area contributed by atoms with Crippen molar-refractivity contribution in [1.82, 2.24) is 14.9 Å². The molecule has 2 aromatic carbocycles. The van der Waals surface area contributed by atoms with Gasteiger partial charge in [0.15, 0.2) is 0 Å². The minimum Gasteiger partial charge on any atom is -0.491 e. The van der Waals surface area contributed by atoms with Gasteiger partial charge < -0.3 is 20.1 Å². The largest absolute Gasteiger partial charge is 0.491 e. The van der Waals surface area contributed by atoms with Crippen LogP contribution in [0.5, 0.6) is 5.75 Å². The molecule has 8 nitrogen and oxygen atoms in total. The summed E-state index contributed by atoms with van der Waals surface area (Å²) in [5, 5.41) is 6.80. The molecule has 0 saturated carbocycles. The van der Waals surface area contributed by atoms with Crippen LogP contribution >= 0.6 is 11.6 Å². The Morgan fingerprint density at radius 2 is 2.00 bits per heavy atom. The number of nitrogens with one attached hydrogen (secondary N) is 2. The van der Waals surface area contributed by atoms with Gasteiger partial charge in [-0.25, -0.2) is 14.4 Å². The van der Waals surface area contributed by atoms with Crippen molar-refractivity contribution in [2.75, 3.05) is 43.5 Å². The van der Waals surface area contributed by atoms with E-state index in [0.29, 0.717) is 53.5 Å². The SMILES string of the molecule is CCOC(CC)CCOc1cc2ncnc(Nc3ccc(F)c(Cl)c3)c2cc1NC(=O)/C=C/CN1CCCCC1. The van der Waals surface area contributed by atoms with Crippen LogP contribution in [-0.4, -0.2) is 59.7 Å². The topological polar surface area (TPSA) is 88.6 Å². The van der Waals surface area contributed by atoms with Gasteiger partial charge in [-0.15, -0.1) is 0 Å². The lowest BCUT2D eigenvalue weighted by molar-refractivity contribution is -0.111. The van der Waals surface area contributed by atoms with E-state index in [-0.39, 0.29) is 17.0 Å². The standard InChI is InChI=1S/C30H37ClFN5O3/c1-3-22(39-4-2)12-16-40-28-19-26-23(30(34-20-33-26)35-21-10-11-25(32)24(31)17-21)18-27(28)36-29(38)9-8-15-37-13-6-5-7-14-37/h8-11,17-20,22H,3-7,12-16H2,1-2H3,(H,36,38)(H,33,34,35)/b9-8+. The molecule has 4 rings (SSSR count). The maximum atomic E-state index is 13.7. The second-order valence-corrected chi connectivity index (χ2v) is 10.1. The summed E-state index contributed by atoms with van der Waals surface area (Å²) in [6.07, 6.45) is 10.2. The quantitative estimate of drug-likeness (QED) is 0.221. The van der Waals surface area contributed by atoms with Gasteiger partial charge in [-0.1, -0.05) is 31.0 Å². The normalized spacial score (nSPS) is 14.9. The van der Waals surface area contributed by atoms with Crippen molar-refractivity contribution in [2.45, 2.75) is 52.1 Å². The highest BCUT2D eigenvalue weighted by molar-refractivity contribution is 6.31. The van der Waals surface area contributed by atoms with Gasteiger partial charge in [-0.2, -0.15) is 0 Å². The summed E-state index contributed by atoms with van der Waals surface area (Å²) in [4.78, 5) is 24.0.